The molecule has 2 atom stereocenters. The Morgan fingerprint density at radius 3 is 3.12 bits per heavy atom. The van der Waals surface area contributed by atoms with Crippen molar-refractivity contribution in [2.45, 2.75) is 25.3 Å². The lowest BCUT2D eigenvalue weighted by molar-refractivity contribution is -0.138. The summed E-state index contributed by atoms with van der Waals surface area (Å²) in [6.45, 7) is 1.90. The minimum absolute atomic E-state index is 0.148. The van der Waals surface area contributed by atoms with Gasteiger partial charge in [0.15, 0.2) is 0 Å². The molecular weight excluding hydrogens is 328 g/mol. The number of carbonyl (C=O) groups excluding carboxylic acids is 1. The molecule has 24 heavy (non-hydrogen) atoms. The van der Waals surface area contributed by atoms with Crippen LogP contribution in [0.15, 0.2) is 30.9 Å². The molecular formula is C17H19ClN4O2. The molecule has 0 bridgehead atoms. The molecule has 126 valence electrons. The largest absolute Gasteiger partial charge is 0.492 e. The second-order valence-electron chi connectivity index (χ2n) is 6.42. The molecule has 2 aliphatic heterocycles. The van der Waals surface area contributed by atoms with Crippen molar-refractivity contribution < 1.29 is 9.53 Å². The number of carbonyl (C=O) groups is 1. The van der Waals surface area contributed by atoms with E-state index in [0.29, 0.717) is 24.6 Å². The van der Waals surface area contributed by atoms with Crippen molar-refractivity contribution in [2.24, 2.45) is 5.92 Å². The second-order valence-corrected chi connectivity index (χ2v) is 6.86. The van der Waals surface area contributed by atoms with Gasteiger partial charge in [0.25, 0.3) is 0 Å². The summed E-state index contributed by atoms with van der Waals surface area (Å²) in [5.74, 6) is 0.846. The molecule has 0 aliphatic carbocycles. The van der Waals surface area contributed by atoms with Gasteiger partial charge < -0.3 is 9.64 Å². The van der Waals surface area contributed by atoms with Crippen LogP contribution < -0.4 is 4.74 Å². The number of aromatic nitrogens is 3. The number of rotatable bonds is 2. The molecule has 3 heterocycles. The Hall–Kier alpha value is -2.08. The van der Waals surface area contributed by atoms with Crippen molar-refractivity contribution in [3.63, 3.8) is 0 Å². The van der Waals surface area contributed by atoms with Gasteiger partial charge in [-0.15, -0.1) is 0 Å². The lowest BCUT2D eigenvalue weighted by Gasteiger charge is -2.36. The van der Waals surface area contributed by atoms with E-state index in [4.69, 9.17) is 16.3 Å². The van der Waals surface area contributed by atoms with Gasteiger partial charge in [-0.05, 0) is 43.0 Å². The molecule has 1 fully saturated rings. The molecule has 0 saturated carbocycles. The van der Waals surface area contributed by atoms with E-state index < -0.39 is 0 Å². The zero-order chi connectivity index (χ0) is 16.5. The van der Waals surface area contributed by atoms with Gasteiger partial charge in [0.2, 0.25) is 5.91 Å². The minimum atomic E-state index is -0.148. The molecule has 1 amide bonds. The normalized spacial score (nSPS) is 23.5. The fourth-order valence-corrected chi connectivity index (χ4v) is 3.75. The Labute approximate surface area is 145 Å². The molecule has 0 N–H and O–H groups in total. The highest BCUT2D eigenvalue weighted by atomic mass is 35.5. The van der Waals surface area contributed by atoms with Crippen LogP contribution in [0.25, 0.3) is 0 Å². The number of amides is 1. The standard InChI is InChI=1S/C17H19ClN4O2/c18-14-3-4-16-12(7-14)6-13(9-24-16)17(23)21-5-1-2-15(8-21)22-11-19-10-20-22/h3-4,7,10-11,13,15H,1-2,5-6,8-9H2. The van der Waals surface area contributed by atoms with Crippen molar-refractivity contribution in [3.05, 3.63) is 41.4 Å². The van der Waals surface area contributed by atoms with Crippen molar-refractivity contribution in [2.75, 3.05) is 19.7 Å². The first kappa shape index (κ1) is 15.4. The van der Waals surface area contributed by atoms with E-state index >= 15 is 0 Å². The fraction of sp³-hybridized carbons (Fsp3) is 0.471. The molecule has 2 aromatic rings. The van der Waals surface area contributed by atoms with Crippen molar-refractivity contribution in [1.29, 1.82) is 0 Å². The van der Waals surface area contributed by atoms with Crippen LogP contribution in [0.5, 0.6) is 5.75 Å². The summed E-state index contributed by atoms with van der Waals surface area (Å²) in [5.41, 5.74) is 1.01. The monoisotopic (exact) mass is 346 g/mol. The number of hydrogen-bond acceptors (Lipinski definition) is 4. The summed E-state index contributed by atoms with van der Waals surface area (Å²) in [6, 6.07) is 5.79. The van der Waals surface area contributed by atoms with Crippen LogP contribution in [0.1, 0.15) is 24.4 Å². The number of ether oxygens (including phenoxy) is 1. The number of likely N-dealkylation sites (tertiary alicyclic amines) is 1. The third-order valence-electron chi connectivity index (χ3n) is 4.80. The summed E-state index contributed by atoms with van der Waals surface area (Å²) >= 11 is 6.06. The molecule has 2 aliphatic rings. The first-order chi connectivity index (χ1) is 11.7. The van der Waals surface area contributed by atoms with Crippen LogP contribution in [0.2, 0.25) is 5.02 Å². The van der Waals surface area contributed by atoms with Crippen LogP contribution in [0, 0.1) is 5.92 Å². The Balaban J connectivity index is 1.46. The maximum Gasteiger partial charge on any atom is 0.229 e. The topological polar surface area (TPSA) is 60.2 Å². The van der Waals surface area contributed by atoms with E-state index in [9.17, 15) is 4.79 Å². The minimum Gasteiger partial charge on any atom is -0.492 e. The number of halogens is 1. The zero-order valence-corrected chi connectivity index (χ0v) is 14.0. The average Bonchev–Trinajstić information content (AvgIpc) is 3.15. The summed E-state index contributed by atoms with van der Waals surface area (Å²) in [5, 5.41) is 4.89. The summed E-state index contributed by atoms with van der Waals surface area (Å²) in [7, 11) is 0. The molecule has 0 spiro atoms. The number of fused-ring (bicyclic) bond motifs is 1. The first-order valence-electron chi connectivity index (χ1n) is 8.25. The van der Waals surface area contributed by atoms with Crippen LogP contribution >= 0.6 is 11.6 Å². The quantitative estimate of drug-likeness (QED) is 0.837. The van der Waals surface area contributed by atoms with Crippen molar-refractivity contribution >= 4 is 17.5 Å². The SMILES string of the molecule is O=C(C1COc2ccc(Cl)cc2C1)N1CCCC(n2cncn2)C1. The Morgan fingerprint density at radius 2 is 2.29 bits per heavy atom. The van der Waals surface area contributed by atoms with Crippen LogP contribution in [0.3, 0.4) is 0 Å². The third kappa shape index (κ3) is 2.98. The van der Waals surface area contributed by atoms with Crippen molar-refractivity contribution in [3.8, 4) is 5.75 Å². The number of nitrogens with zero attached hydrogens (tertiary/aromatic N) is 4. The first-order valence-corrected chi connectivity index (χ1v) is 8.62. The highest BCUT2D eigenvalue weighted by Gasteiger charge is 2.32. The van der Waals surface area contributed by atoms with E-state index in [-0.39, 0.29) is 17.9 Å². The van der Waals surface area contributed by atoms with Gasteiger partial charge in [-0.25, -0.2) is 9.67 Å². The van der Waals surface area contributed by atoms with Gasteiger partial charge in [-0.1, -0.05) is 11.6 Å². The second kappa shape index (κ2) is 6.43. The molecule has 7 heteroatoms. The van der Waals surface area contributed by atoms with Crippen LogP contribution in [-0.4, -0.2) is 45.3 Å². The third-order valence-corrected chi connectivity index (χ3v) is 5.03. The van der Waals surface area contributed by atoms with E-state index in [2.05, 4.69) is 10.1 Å². The van der Waals surface area contributed by atoms with E-state index in [0.717, 1.165) is 30.7 Å². The van der Waals surface area contributed by atoms with Crippen LogP contribution in [0.4, 0.5) is 0 Å². The highest BCUT2D eigenvalue weighted by molar-refractivity contribution is 6.30. The molecule has 4 rings (SSSR count). The van der Waals surface area contributed by atoms with Gasteiger partial charge in [-0.2, -0.15) is 5.10 Å². The predicted molar refractivity (Wildman–Crippen MR) is 89.0 cm³/mol. The van der Waals surface area contributed by atoms with Gasteiger partial charge >= 0.3 is 0 Å². The summed E-state index contributed by atoms with van der Waals surface area (Å²) in [4.78, 5) is 18.9. The molecule has 1 aromatic heterocycles. The van der Waals surface area contributed by atoms with Gasteiger partial charge in [0, 0.05) is 18.1 Å². The summed E-state index contributed by atoms with van der Waals surface area (Å²) in [6.07, 6.45) is 5.94. The van der Waals surface area contributed by atoms with E-state index in [1.165, 1.54) is 6.33 Å². The van der Waals surface area contributed by atoms with E-state index in [1.54, 1.807) is 6.33 Å². The lowest BCUT2D eigenvalue weighted by atomic mass is 9.94. The Kier molecular flexibility index (Phi) is 4.14. The maximum absolute atomic E-state index is 12.9. The molecule has 1 saturated heterocycles. The summed E-state index contributed by atoms with van der Waals surface area (Å²) < 4.78 is 7.62. The maximum atomic E-state index is 12.9. The fourth-order valence-electron chi connectivity index (χ4n) is 3.56. The average molecular weight is 347 g/mol. The van der Waals surface area contributed by atoms with Gasteiger partial charge in [-0.3, -0.25) is 4.79 Å². The molecule has 1 aromatic carbocycles. The smallest absolute Gasteiger partial charge is 0.229 e. The zero-order valence-electron chi connectivity index (χ0n) is 13.3. The van der Waals surface area contributed by atoms with Gasteiger partial charge in [0.1, 0.15) is 25.0 Å². The number of piperidine rings is 1. The molecule has 6 nitrogen and oxygen atoms in total. The highest BCUT2D eigenvalue weighted by Crippen LogP contribution is 2.31. The van der Waals surface area contributed by atoms with Crippen molar-refractivity contribution in [1.82, 2.24) is 19.7 Å². The number of hydrogen-bond donors (Lipinski definition) is 0. The van der Waals surface area contributed by atoms with Gasteiger partial charge in [0.05, 0.1) is 12.0 Å². The predicted octanol–water partition coefficient (Wildman–Crippen LogP) is 2.35. The number of benzene rings is 1. The van der Waals surface area contributed by atoms with E-state index in [1.807, 2.05) is 27.8 Å². The Morgan fingerprint density at radius 1 is 1.38 bits per heavy atom. The van der Waals surface area contributed by atoms with Crippen LogP contribution in [-0.2, 0) is 11.2 Å². The molecule has 2 unspecified atom stereocenters. The molecule has 0 radical (unpaired) electrons. The lowest BCUT2D eigenvalue weighted by Crippen LogP contribution is -2.46. The Bertz CT molecular complexity index is 734.